The SMILES string of the molecule is Cc1nc(C)c(C(=O)N2CCC3(CC2)CO[C@H](CN2CCC[C@H](C)C2)C3)s1. The number of hydrogen-bond donors (Lipinski definition) is 0. The number of aryl methyl sites for hydroxylation is 2. The summed E-state index contributed by atoms with van der Waals surface area (Å²) in [5.41, 5.74) is 1.17. The van der Waals surface area contributed by atoms with Gasteiger partial charge in [0.25, 0.3) is 5.91 Å². The van der Waals surface area contributed by atoms with Crippen LogP contribution in [0.1, 0.15) is 59.4 Å². The van der Waals surface area contributed by atoms with Crippen LogP contribution in [0.25, 0.3) is 0 Å². The minimum absolute atomic E-state index is 0.172. The van der Waals surface area contributed by atoms with Crippen LogP contribution in [0.15, 0.2) is 0 Å². The first kappa shape index (κ1) is 19.3. The molecule has 1 amide bonds. The topological polar surface area (TPSA) is 45.7 Å². The van der Waals surface area contributed by atoms with Crippen molar-refractivity contribution in [1.29, 1.82) is 0 Å². The molecule has 3 saturated heterocycles. The molecule has 0 saturated carbocycles. The highest BCUT2D eigenvalue weighted by Crippen LogP contribution is 2.42. The van der Waals surface area contributed by atoms with Gasteiger partial charge in [0.15, 0.2) is 0 Å². The molecule has 1 aromatic heterocycles. The van der Waals surface area contributed by atoms with E-state index in [1.807, 2.05) is 18.7 Å². The van der Waals surface area contributed by atoms with Gasteiger partial charge in [-0.05, 0) is 63.8 Å². The highest BCUT2D eigenvalue weighted by molar-refractivity contribution is 7.13. The Morgan fingerprint density at radius 1 is 1.30 bits per heavy atom. The Bertz CT molecular complexity index is 681. The molecule has 3 aliphatic heterocycles. The van der Waals surface area contributed by atoms with Crippen LogP contribution in [-0.2, 0) is 4.74 Å². The summed E-state index contributed by atoms with van der Waals surface area (Å²) in [6.45, 7) is 12.4. The summed E-state index contributed by atoms with van der Waals surface area (Å²) in [7, 11) is 0. The van der Waals surface area contributed by atoms with E-state index < -0.39 is 0 Å². The summed E-state index contributed by atoms with van der Waals surface area (Å²) in [6, 6.07) is 0. The third-order valence-corrected chi connectivity index (χ3v) is 7.76. The standard InChI is InChI=1S/C21H33N3O2S/c1-15-5-4-8-23(12-15)13-18-11-21(14-26-18)6-9-24(10-7-21)20(25)19-16(2)22-17(3)27-19/h15,18H,4-14H2,1-3H3/t15-,18-/m0/s1. The Labute approximate surface area is 167 Å². The molecule has 6 heteroatoms. The number of piperidine rings is 2. The van der Waals surface area contributed by atoms with Gasteiger partial charge >= 0.3 is 0 Å². The lowest BCUT2D eigenvalue weighted by molar-refractivity contribution is 0.0403. The Hall–Kier alpha value is -0.980. The molecule has 3 aliphatic rings. The van der Waals surface area contributed by atoms with Gasteiger partial charge in [0.2, 0.25) is 0 Å². The zero-order chi connectivity index (χ0) is 19.0. The van der Waals surface area contributed by atoms with Gasteiger partial charge in [-0.1, -0.05) is 6.92 Å². The zero-order valence-corrected chi connectivity index (χ0v) is 17.8. The quantitative estimate of drug-likeness (QED) is 0.791. The molecule has 0 unspecified atom stereocenters. The number of likely N-dealkylation sites (tertiary alicyclic amines) is 2. The maximum atomic E-state index is 12.9. The van der Waals surface area contributed by atoms with Crippen LogP contribution in [0.2, 0.25) is 0 Å². The Kier molecular flexibility index (Phi) is 5.59. The lowest BCUT2D eigenvalue weighted by Gasteiger charge is -2.38. The smallest absolute Gasteiger partial charge is 0.265 e. The second-order valence-electron chi connectivity index (χ2n) is 9.08. The molecule has 0 radical (unpaired) electrons. The lowest BCUT2D eigenvalue weighted by atomic mass is 9.76. The molecule has 2 atom stereocenters. The molecule has 0 bridgehead atoms. The molecule has 27 heavy (non-hydrogen) atoms. The van der Waals surface area contributed by atoms with Crippen LogP contribution in [-0.4, -0.2) is 66.1 Å². The van der Waals surface area contributed by atoms with Crippen LogP contribution in [0.3, 0.4) is 0 Å². The molecule has 0 aromatic carbocycles. The van der Waals surface area contributed by atoms with E-state index in [-0.39, 0.29) is 5.91 Å². The molecule has 5 nitrogen and oxygen atoms in total. The van der Waals surface area contributed by atoms with Crippen molar-refractivity contribution in [2.75, 3.05) is 39.3 Å². The Morgan fingerprint density at radius 2 is 2.07 bits per heavy atom. The zero-order valence-electron chi connectivity index (χ0n) is 17.0. The first-order valence-corrected chi connectivity index (χ1v) is 11.3. The summed E-state index contributed by atoms with van der Waals surface area (Å²) >= 11 is 1.53. The molecule has 1 aromatic rings. The molecule has 3 fully saturated rings. The molecule has 0 aliphatic carbocycles. The highest BCUT2D eigenvalue weighted by Gasteiger charge is 2.43. The van der Waals surface area contributed by atoms with Gasteiger partial charge in [-0.3, -0.25) is 4.79 Å². The van der Waals surface area contributed by atoms with E-state index in [1.54, 1.807) is 0 Å². The van der Waals surface area contributed by atoms with E-state index in [2.05, 4.69) is 16.8 Å². The van der Waals surface area contributed by atoms with Crippen molar-refractivity contribution in [1.82, 2.24) is 14.8 Å². The van der Waals surface area contributed by atoms with Crippen LogP contribution >= 0.6 is 11.3 Å². The van der Waals surface area contributed by atoms with Gasteiger partial charge in [-0.25, -0.2) is 4.98 Å². The van der Waals surface area contributed by atoms with Crippen LogP contribution < -0.4 is 0 Å². The van der Waals surface area contributed by atoms with Crippen molar-refractivity contribution in [3.05, 3.63) is 15.6 Å². The van der Waals surface area contributed by atoms with Crippen molar-refractivity contribution in [3.8, 4) is 0 Å². The second kappa shape index (κ2) is 7.80. The predicted octanol–water partition coefficient (Wildman–Crippen LogP) is 3.50. The number of ether oxygens (including phenoxy) is 1. The molecule has 4 heterocycles. The van der Waals surface area contributed by atoms with Gasteiger partial charge in [0.05, 0.1) is 23.4 Å². The van der Waals surface area contributed by atoms with Crippen molar-refractivity contribution in [2.24, 2.45) is 11.3 Å². The van der Waals surface area contributed by atoms with Crippen molar-refractivity contribution in [3.63, 3.8) is 0 Å². The summed E-state index contributed by atoms with van der Waals surface area (Å²) in [5.74, 6) is 0.993. The number of nitrogens with zero attached hydrogens (tertiary/aromatic N) is 3. The number of rotatable bonds is 3. The fourth-order valence-electron chi connectivity index (χ4n) is 5.16. The lowest BCUT2D eigenvalue weighted by Crippen LogP contribution is -2.44. The molecular weight excluding hydrogens is 358 g/mol. The van der Waals surface area contributed by atoms with E-state index in [9.17, 15) is 4.79 Å². The number of thiazole rings is 1. The maximum Gasteiger partial charge on any atom is 0.265 e. The van der Waals surface area contributed by atoms with Gasteiger partial charge < -0.3 is 14.5 Å². The number of amides is 1. The monoisotopic (exact) mass is 391 g/mol. The fourth-order valence-corrected chi connectivity index (χ4v) is 6.05. The van der Waals surface area contributed by atoms with E-state index in [1.165, 1.54) is 43.7 Å². The maximum absolute atomic E-state index is 12.9. The van der Waals surface area contributed by atoms with E-state index in [4.69, 9.17) is 4.74 Å². The predicted molar refractivity (Wildman–Crippen MR) is 108 cm³/mol. The summed E-state index contributed by atoms with van der Waals surface area (Å²) in [4.78, 5) is 22.7. The fraction of sp³-hybridized carbons (Fsp3) is 0.810. The van der Waals surface area contributed by atoms with Gasteiger partial charge in [-0.15, -0.1) is 11.3 Å². The van der Waals surface area contributed by atoms with Gasteiger partial charge in [0.1, 0.15) is 4.88 Å². The summed E-state index contributed by atoms with van der Waals surface area (Å²) in [5, 5.41) is 0.975. The number of carbonyl (C=O) groups is 1. The van der Waals surface area contributed by atoms with Crippen molar-refractivity contribution in [2.45, 2.75) is 59.0 Å². The summed E-state index contributed by atoms with van der Waals surface area (Å²) < 4.78 is 6.23. The number of hydrogen-bond acceptors (Lipinski definition) is 5. The highest BCUT2D eigenvalue weighted by atomic mass is 32.1. The summed E-state index contributed by atoms with van der Waals surface area (Å²) in [6.07, 6.45) is 6.38. The van der Waals surface area contributed by atoms with Crippen LogP contribution in [0.4, 0.5) is 0 Å². The van der Waals surface area contributed by atoms with E-state index in [0.717, 1.165) is 60.6 Å². The first-order chi connectivity index (χ1) is 12.9. The van der Waals surface area contributed by atoms with Gasteiger partial charge in [0, 0.05) is 26.2 Å². The molecular formula is C21H33N3O2S. The third-order valence-electron chi connectivity index (χ3n) is 6.70. The average molecular weight is 392 g/mol. The molecule has 1 spiro atoms. The van der Waals surface area contributed by atoms with Gasteiger partial charge in [-0.2, -0.15) is 0 Å². The normalized spacial score (nSPS) is 28.8. The minimum Gasteiger partial charge on any atom is -0.376 e. The Morgan fingerprint density at radius 3 is 2.74 bits per heavy atom. The van der Waals surface area contributed by atoms with E-state index >= 15 is 0 Å². The molecule has 0 N–H and O–H groups in total. The van der Waals surface area contributed by atoms with Crippen LogP contribution in [0, 0.1) is 25.2 Å². The first-order valence-electron chi connectivity index (χ1n) is 10.5. The van der Waals surface area contributed by atoms with Crippen molar-refractivity contribution >= 4 is 17.2 Å². The second-order valence-corrected chi connectivity index (χ2v) is 10.3. The van der Waals surface area contributed by atoms with Crippen molar-refractivity contribution < 1.29 is 9.53 Å². The molecule has 150 valence electrons. The molecule has 4 rings (SSSR count). The average Bonchev–Trinajstić information content (AvgIpc) is 3.18. The number of carbonyl (C=O) groups excluding carboxylic acids is 1. The Balaban J connectivity index is 1.30. The number of aromatic nitrogens is 1. The van der Waals surface area contributed by atoms with E-state index in [0.29, 0.717) is 11.5 Å². The van der Waals surface area contributed by atoms with Crippen LogP contribution in [0.5, 0.6) is 0 Å². The minimum atomic E-state index is 0.172. The largest absolute Gasteiger partial charge is 0.376 e. The third kappa shape index (κ3) is 4.22.